The summed E-state index contributed by atoms with van der Waals surface area (Å²) < 4.78 is 349. The minimum atomic E-state index is -8.06. The van der Waals surface area contributed by atoms with Crippen LogP contribution in [-0.2, 0) is 25.0 Å². The van der Waals surface area contributed by atoms with Crippen molar-refractivity contribution in [3.63, 3.8) is 0 Å². The zero-order valence-corrected chi connectivity index (χ0v) is 23.2. The van der Waals surface area contributed by atoms with Gasteiger partial charge in [0, 0.05) is 5.72 Å². The lowest BCUT2D eigenvalue weighted by atomic mass is 9.50. The normalized spacial score (nSPS) is 21.9. The molecular formula is C21H10B2F24O4. The third-order valence-corrected chi connectivity index (χ3v) is 7.67. The third-order valence-electron chi connectivity index (χ3n) is 7.67. The van der Waals surface area contributed by atoms with Crippen molar-refractivity contribution in [2.45, 2.75) is 90.4 Å². The van der Waals surface area contributed by atoms with Gasteiger partial charge in [0.1, 0.15) is 0 Å². The van der Waals surface area contributed by atoms with Crippen molar-refractivity contribution >= 4 is 14.2 Å². The van der Waals surface area contributed by atoms with Crippen molar-refractivity contribution in [3.05, 3.63) is 35.9 Å². The SMILES string of the molecule is FC(F)(F)C1(C(F)(F)F)OB(C(CCc2ccccc2)B2OC(C(F)(F)F)(C(F)(F)F)C(C(F)(F)F)(C(F)(F)F)O2)OC1(C(F)(F)F)C(F)(F)F. The zero-order chi connectivity index (χ0) is 40.1. The molecule has 1 aromatic rings. The van der Waals surface area contributed by atoms with Crippen LogP contribution in [-0.4, -0.2) is 86.1 Å². The topological polar surface area (TPSA) is 36.9 Å². The van der Waals surface area contributed by atoms with Gasteiger partial charge in [-0.05, 0) is 18.4 Å². The van der Waals surface area contributed by atoms with Crippen LogP contribution in [0.25, 0.3) is 0 Å². The van der Waals surface area contributed by atoms with Crippen LogP contribution in [0.3, 0.4) is 0 Å². The van der Waals surface area contributed by atoms with Crippen molar-refractivity contribution < 1.29 is 124 Å². The van der Waals surface area contributed by atoms with Crippen molar-refractivity contribution in [1.29, 1.82) is 0 Å². The van der Waals surface area contributed by atoms with Crippen molar-refractivity contribution in [3.8, 4) is 0 Å². The molecule has 51 heavy (non-hydrogen) atoms. The van der Waals surface area contributed by atoms with Gasteiger partial charge in [-0.3, -0.25) is 0 Å². The highest BCUT2D eigenvalue weighted by Crippen LogP contribution is 2.70. The summed E-state index contributed by atoms with van der Waals surface area (Å²) in [6, 6.07) is 4.57. The molecule has 30 heteroatoms. The van der Waals surface area contributed by atoms with Gasteiger partial charge in [0.15, 0.2) is 0 Å². The summed E-state index contributed by atoms with van der Waals surface area (Å²) in [4.78, 5) is 0. The molecule has 0 saturated carbocycles. The first-order valence-corrected chi connectivity index (χ1v) is 12.6. The van der Waals surface area contributed by atoms with Gasteiger partial charge in [0.2, 0.25) is 0 Å². The molecule has 292 valence electrons. The molecule has 0 amide bonds. The maximum atomic E-state index is 14.0. The third kappa shape index (κ3) is 5.96. The van der Waals surface area contributed by atoms with Crippen LogP contribution in [0.15, 0.2) is 30.3 Å². The molecule has 0 N–H and O–H groups in total. The van der Waals surface area contributed by atoms with E-state index >= 15 is 0 Å². The molecule has 2 fully saturated rings. The van der Waals surface area contributed by atoms with E-state index in [9.17, 15) is 105 Å². The number of hydrogen-bond donors (Lipinski definition) is 0. The second-order valence-corrected chi connectivity index (χ2v) is 10.6. The van der Waals surface area contributed by atoms with Gasteiger partial charge >= 0.3 is 63.6 Å². The first kappa shape index (κ1) is 42.9. The lowest BCUT2D eigenvalue weighted by molar-refractivity contribution is -0.464. The highest BCUT2D eigenvalue weighted by molar-refractivity contribution is 6.68. The lowest BCUT2D eigenvalue weighted by Crippen LogP contribution is -2.79. The first-order chi connectivity index (χ1) is 22.3. The van der Waals surface area contributed by atoms with E-state index in [4.69, 9.17) is 0 Å². The van der Waals surface area contributed by atoms with Gasteiger partial charge in [-0.2, -0.15) is 105 Å². The van der Waals surface area contributed by atoms with Gasteiger partial charge in [-0.15, -0.1) is 0 Å². The first-order valence-electron chi connectivity index (χ1n) is 12.6. The van der Waals surface area contributed by atoms with Crippen molar-refractivity contribution in [2.24, 2.45) is 0 Å². The Bertz CT molecular complexity index is 1170. The van der Waals surface area contributed by atoms with E-state index < -0.39 is 110 Å². The van der Waals surface area contributed by atoms with Crippen LogP contribution in [0.4, 0.5) is 105 Å². The summed E-state index contributed by atoms with van der Waals surface area (Å²) in [5, 5.41) is 0. The molecule has 2 aliphatic heterocycles. The molecule has 2 heterocycles. The van der Waals surface area contributed by atoms with Gasteiger partial charge < -0.3 is 18.6 Å². The monoisotopic (exact) mass is 804 g/mol. The van der Waals surface area contributed by atoms with E-state index in [2.05, 4.69) is 18.6 Å². The summed E-state index contributed by atoms with van der Waals surface area (Å²) in [6.07, 6.45) is -68.0. The Morgan fingerprint density at radius 2 is 0.608 bits per heavy atom. The Morgan fingerprint density at radius 3 is 0.804 bits per heavy atom. The average molecular weight is 804 g/mol. The second-order valence-electron chi connectivity index (χ2n) is 10.6. The van der Waals surface area contributed by atoms with Gasteiger partial charge in [0.05, 0.1) is 0 Å². The van der Waals surface area contributed by atoms with E-state index in [0.717, 1.165) is 30.3 Å². The van der Waals surface area contributed by atoms with Gasteiger partial charge in [-0.1, -0.05) is 30.3 Å². The van der Waals surface area contributed by atoms with E-state index in [1.807, 2.05) is 0 Å². The van der Waals surface area contributed by atoms with Gasteiger partial charge in [-0.25, -0.2) is 0 Å². The second kappa shape index (κ2) is 12.0. The Kier molecular flexibility index (Phi) is 10.1. The summed E-state index contributed by atoms with van der Waals surface area (Å²) in [5.41, 5.74) is -35.9. The number of rotatable bonds is 5. The number of alkyl halides is 24. The average Bonchev–Trinajstić information content (AvgIpc) is 3.47. The molecule has 0 atom stereocenters. The van der Waals surface area contributed by atoms with Crippen LogP contribution in [0.5, 0.6) is 0 Å². The molecule has 0 aromatic heterocycles. The van der Waals surface area contributed by atoms with Crippen LogP contribution < -0.4 is 0 Å². The minimum Gasteiger partial charge on any atom is -0.388 e. The number of benzene rings is 1. The Morgan fingerprint density at radius 1 is 0.392 bits per heavy atom. The van der Waals surface area contributed by atoms with Gasteiger partial charge in [0.25, 0.3) is 22.4 Å². The zero-order valence-electron chi connectivity index (χ0n) is 23.2. The lowest BCUT2D eigenvalue weighted by Gasteiger charge is -2.46. The van der Waals surface area contributed by atoms with E-state index in [-0.39, 0.29) is 0 Å². The predicted molar refractivity (Wildman–Crippen MR) is 114 cm³/mol. The quantitative estimate of drug-likeness (QED) is 0.220. The largest absolute Gasteiger partial charge is 0.459 e. The fourth-order valence-corrected chi connectivity index (χ4v) is 5.58. The Labute approximate surface area is 265 Å². The molecule has 2 aliphatic rings. The summed E-state index contributed by atoms with van der Waals surface area (Å²) >= 11 is 0. The summed E-state index contributed by atoms with van der Waals surface area (Å²) in [5.74, 6) is 0. The molecule has 0 bridgehead atoms. The molecule has 0 radical (unpaired) electrons. The highest BCUT2D eigenvalue weighted by Gasteiger charge is 3.01. The summed E-state index contributed by atoms with van der Waals surface area (Å²) in [6.45, 7) is 0. The minimum absolute atomic E-state index is 0.481. The molecule has 0 aliphatic carbocycles. The molecule has 4 nitrogen and oxygen atoms in total. The number of hydrogen-bond acceptors (Lipinski definition) is 4. The molecule has 1 aromatic carbocycles. The van der Waals surface area contributed by atoms with Crippen LogP contribution in [0.2, 0.25) is 5.72 Å². The van der Waals surface area contributed by atoms with Crippen molar-refractivity contribution in [1.82, 2.24) is 0 Å². The fraction of sp³-hybridized carbons (Fsp3) is 0.714. The molecule has 3 rings (SSSR count). The molecule has 0 spiro atoms. The number of halogens is 24. The van der Waals surface area contributed by atoms with E-state index in [0.29, 0.717) is 0 Å². The molecule has 2 saturated heterocycles. The van der Waals surface area contributed by atoms with Crippen molar-refractivity contribution in [2.75, 3.05) is 0 Å². The maximum Gasteiger partial charge on any atom is 0.459 e. The maximum absolute atomic E-state index is 14.0. The van der Waals surface area contributed by atoms with E-state index in [1.165, 1.54) is 0 Å². The highest BCUT2D eigenvalue weighted by atomic mass is 19.5. The van der Waals surface area contributed by atoms with E-state index in [1.54, 1.807) is 0 Å². The summed E-state index contributed by atoms with van der Waals surface area (Å²) in [7, 11) is -9.83. The van der Waals surface area contributed by atoms with Crippen LogP contribution in [0, 0.1) is 0 Å². The standard InChI is InChI=1S/C21H10B2F24O4/c24-14(25,26)10(15(27,28)29)11(16(30,31)32,17(33,34)35)49-22(48-10)9(7-6-8-4-2-1-3-5-8)23-50-12(18(36,37)38,19(39,40)41)13(51-23,20(42,43)44)21(45,46)47/h1-5,9H,6-7H2. The molecule has 0 unspecified atom stereocenters. The van der Waals surface area contributed by atoms with Crippen LogP contribution in [0.1, 0.15) is 12.0 Å². The smallest absolute Gasteiger partial charge is 0.388 e. The number of aryl methyl sites for hydroxylation is 1. The fourth-order valence-electron chi connectivity index (χ4n) is 5.58. The van der Waals surface area contributed by atoms with Crippen LogP contribution >= 0.6 is 0 Å². The molecular weight excluding hydrogens is 794 g/mol. The predicted octanol–water partition coefficient (Wildman–Crippen LogP) is 9.05. The Balaban J connectivity index is 2.50. The Hall–Kier alpha value is -2.49.